The van der Waals surface area contributed by atoms with E-state index in [1.54, 1.807) is 13.1 Å². The lowest BCUT2D eigenvalue weighted by Crippen LogP contribution is -2.43. The van der Waals surface area contributed by atoms with Crippen LogP contribution in [0.3, 0.4) is 0 Å². The number of aryl methyl sites for hydroxylation is 1. The number of carbonyl (C=O) groups is 1. The summed E-state index contributed by atoms with van der Waals surface area (Å²) in [6.45, 7) is 5.78. The van der Waals surface area contributed by atoms with Gasteiger partial charge in [0.15, 0.2) is 0 Å². The number of aromatic amines is 1. The summed E-state index contributed by atoms with van der Waals surface area (Å²) in [7, 11) is 0. The minimum absolute atomic E-state index is 0.0769. The maximum atomic E-state index is 11.7. The third kappa shape index (κ3) is 3.71. The summed E-state index contributed by atoms with van der Waals surface area (Å²) in [5.74, 6) is 1.03. The van der Waals surface area contributed by atoms with Crippen LogP contribution >= 0.6 is 0 Å². The van der Waals surface area contributed by atoms with E-state index in [9.17, 15) is 4.79 Å². The summed E-state index contributed by atoms with van der Waals surface area (Å²) in [6, 6.07) is 1.90. The molecule has 4 rings (SSSR count). The van der Waals surface area contributed by atoms with Crippen LogP contribution < -0.4 is 10.1 Å². The number of H-pyrrole nitrogens is 1. The van der Waals surface area contributed by atoms with Crippen molar-refractivity contribution in [2.24, 2.45) is 0 Å². The fourth-order valence-electron chi connectivity index (χ4n) is 3.27. The van der Waals surface area contributed by atoms with Gasteiger partial charge in [0, 0.05) is 32.4 Å². The van der Waals surface area contributed by atoms with E-state index in [0.717, 1.165) is 37.0 Å². The number of hydrogen-bond acceptors (Lipinski definition) is 6. The summed E-state index contributed by atoms with van der Waals surface area (Å²) < 4.78 is 8.01. The number of piperidine rings is 1. The van der Waals surface area contributed by atoms with Gasteiger partial charge in [-0.05, 0) is 25.8 Å². The molecule has 1 atom stereocenters. The number of likely N-dealkylation sites (tertiary alicyclic amines) is 1. The maximum Gasteiger partial charge on any atom is 0.232 e. The van der Waals surface area contributed by atoms with Crippen molar-refractivity contribution in [1.82, 2.24) is 29.6 Å². The van der Waals surface area contributed by atoms with Crippen LogP contribution in [0.25, 0.3) is 11.0 Å². The number of anilines is 2. The Morgan fingerprint density at radius 3 is 3.11 bits per heavy atom. The summed E-state index contributed by atoms with van der Waals surface area (Å²) in [4.78, 5) is 25.7. The second-order valence-electron chi connectivity index (χ2n) is 6.65. The topological polar surface area (TPSA) is 101 Å². The van der Waals surface area contributed by atoms with E-state index < -0.39 is 0 Å². The lowest BCUT2D eigenvalue weighted by Gasteiger charge is -2.32. The minimum atomic E-state index is -0.0775. The van der Waals surface area contributed by atoms with E-state index in [1.807, 2.05) is 35.0 Å². The van der Waals surface area contributed by atoms with Crippen LogP contribution in [0.4, 0.5) is 11.6 Å². The molecule has 1 amide bonds. The second-order valence-corrected chi connectivity index (χ2v) is 6.65. The zero-order valence-corrected chi connectivity index (χ0v) is 15.5. The Bertz CT molecular complexity index is 948. The van der Waals surface area contributed by atoms with Crippen LogP contribution in [0.1, 0.15) is 26.7 Å². The maximum absolute atomic E-state index is 11.7. The van der Waals surface area contributed by atoms with Gasteiger partial charge in [-0.3, -0.25) is 9.48 Å². The van der Waals surface area contributed by atoms with Crippen LogP contribution in [0.15, 0.2) is 24.7 Å². The van der Waals surface area contributed by atoms with Gasteiger partial charge in [0.1, 0.15) is 11.8 Å². The number of rotatable bonds is 5. The Balaban J connectivity index is 1.58. The smallest absolute Gasteiger partial charge is 0.232 e. The first-order valence-electron chi connectivity index (χ1n) is 9.19. The lowest BCUT2D eigenvalue weighted by molar-refractivity contribution is -0.131. The summed E-state index contributed by atoms with van der Waals surface area (Å²) >= 11 is 0. The molecular formula is C18H23N7O2. The number of fused-ring (bicyclic) bond motifs is 1. The molecule has 0 aromatic carbocycles. The predicted molar refractivity (Wildman–Crippen MR) is 101 cm³/mol. The van der Waals surface area contributed by atoms with Crippen molar-refractivity contribution < 1.29 is 9.53 Å². The highest BCUT2D eigenvalue weighted by molar-refractivity contribution is 5.82. The van der Waals surface area contributed by atoms with Crippen molar-refractivity contribution in [2.75, 3.05) is 18.4 Å². The molecule has 1 saturated heterocycles. The van der Waals surface area contributed by atoms with E-state index >= 15 is 0 Å². The standard InChI is InChI=1S/C18H23N7O2/c1-3-25-10-13(9-20-25)21-18-22-16-15(6-7-19-16)17(23-18)27-14-5-4-8-24(11-14)12(2)26/h6-7,9-10,14H,3-5,8,11H2,1-2H3,(H2,19,21,22,23)/t14-/m1/s1. The Morgan fingerprint density at radius 1 is 1.44 bits per heavy atom. The molecule has 27 heavy (non-hydrogen) atoms. The molecule has 0 saturated carbocycles. The first kappa shape index (κ1) is 17.3. The van der Waals surface area contributed by atoms with Gasteiger partial charge in [-0.25, -0.2) is 0 Å². The summed E-state index contributed by atoms with van der Waals surface area (Å²) in [5, 5.41) is 8.25. The zero-order chi connectivity index (χ0) is 18.8. The number of amides is 1. The van der Waals surface area contributed by atoms with E-state index in [1.165, 1.54) is 0 Å². The molecule has 1 fully saturated rings. The molecule has 3 aromatic heterocycles. The number of nitrogens with one attached hydrogen (secondary N) is 2. The Labute approximate surface area is 156 Å². The van der Waals surface area contributed by atoms with Gasteiger partial charge in [0.25, 0.3) is 0 Å². The lowest BCUT2D eigenvalue weighted by atomic mass is 10.1. The first-order valence-corrected chi connectivity index (χ1v) is 9.19. The van der Waals surface area contributed by atoms with Gasteiger partial charge in [-0.2, -0.15) is 15.1 Å². The van der Waals surface area contributed by atoms with Gasteiger partial charge in [0.2, 0.25) is 17.7 Å². The predicted octanol–water partition coefficient (Wildman–Crippen LogP) is 2.31. The molecule has 1 aliphatic heterocycles. The second kappa shape index (κ2) is 7.26. The number of aromatic nitrogens is 5. The van der Waals surface area contributed by atoms with Crippen molar-refractivity contribution in [2.45, 2.75) is 39.3 Å². The third-order valence-electron chi connectivity index (χ3n) is 4.70. The third-order valence-corrected chi connectivity index (χ3v) is 4.70. The van der Waals surface area contributed by atoms with Crippen molar-refractivity contribution in [1.29, 1.82) is 0 Å². The van der Waals surface area contributed by atoms with E-state index in [-0.39, 0.29) is 12.0 Å². The molecule has 0 spiro atoms. The van der Waals surface area contributed by atoms with Crippen LogP contribution in [-0.2, 0) is 11.3 Å². The van der Waals surface area contributed by atoms with Crippen LogP contribution in [-0.4, -0.2) is 54.7 Å². The summed E-state index contributed by atoms with van der Waals surface area (Å²) in [6.07, 6.45) is 7.19. The Kier molecular flexibility index (Phi) is 4.66. The van der Waals surface area contributed by atoms with Gasteiger partial charge >= 0.3 is 0 Å². The highest BCUT2D eigenvalue weighted by Gasteiger charge is 2.24. The number of hydrogen-bond donors (Lipinski definition) is 2. The first-order chi connectivity index (χ1) is 13.1. The molecule has 9 heteroatoms. The molecule has 0 bridgehead atoms. The SMILES string of the molecule is CCn1cc(Nc2nc(O[C@@H]3CCCN(C(C)=O)C3)c3cc[nH]c3n2)cn1. The molecule has 9 nitrogen and oxygen atoms in total. The quantitative estimate of drug-likeness (QED) is 0.716. The van der Waals surface area contributed by atoms with Gasteiger partial charge < -0.3 is 19.9 Å². The largest absolute Gasteiger partial charge is 0.472 e. The molecule has 3 aromatic rings. The van der Waals surface area contributed by atoms with E-state index in [2.05, 4.69) is 25.4 Å². The van der Waals surface area contributed by atoms with Crippen molar-refractivity contribution in [3.05, 3.63) is 24.7 Å². The Morgan fingerprint density at radius 2 is 2.33 bits per heavy atom. The number of ether oxygens (including phenoxy) is 1. The van der Waals surface area contributed by atoms with Gasteiger partial charge in [-0.15, -0.1) is 0 Å². The highest BCUT2D eigenvalue weighted by Crippen LogP contribution is 2.27. The average Bonchev–Trinajstić information content (AvgIpc) is 3.31. The van der Waals surface area contributed by atoms with Crippen LogP contribution in [0.2, 0.25) is 0 Å². The zero-order valence-electron chi connectivity index (χ0n) is 15.5. The molecule has 1 aliphatic rings. The van der Waals surface area contributed by atoms with Gasteiger partial charge in [0.05, 0.1) is 23.8 Å². The molecule has 4 heterocycles. The molecule has 142 valence electrons. The van der Waals surface area contributed by atoms with Crippen molar-refractivity contribution in [3.8, 4) is 5.88 Å². The fraction of sp³-hybridized carbons (Fsp3) is 0.444. The molecule has 2 N–H and O–H groups in total. The van der Waals surface area contributed by atoms with Crippen molar-refractivity contribution in [3.63, 3.8) is 0 Å². The summed E-state index contributed by atoms with van der Waals surface area (Å²) in [5.41, 5.74) is 1.51. The molecule has 0 aliphatic carbocycles. The van der Waals surface area contributed by atoms with Gasteiger partial charge in [-0.1, -0.05) is 0 Å². The van der Waals surface area contributed by atoms with Crippen molar-refractivity contribution >= 4 is 28.6 Å². The highest BCUT2D eigenvalue weighted by atomic mass is 16.5. The molecule has 0 unspecified atom stereocenters. The molecule has 0 radical (unpaired) electrons. The normalized spacial score (nSPS) is 17.3. The number of nitrogens with zero attached hydrogens (tertiary/aromatic N) is 5. The molecular weight excluding hydrogens is 346 g/mol. The fourth-order valence-corrected chi connectivity index (χ4v) is 3.27. The number of carbonyl (C=O) groups excluding carboxylic acids is 1. The van der Waals surface area contributed by atoms with Crippen LogP contribution in [0.5, 0.6) is 5.88 Å². The minimum Gasteiger partial charge on any atom is -0.472 e. The van der Waals surface area contributed by atoms with E-state index in [0.29, 0.717) is 24.0 Å². The average molecular weight is 369 g/mol. The monoisotopic (exact) mass is 369 g/mol. The van der Waals surface area contributed by atoms with E-state index in [4.69, 9.17) is 4.74 Å². The van der Waals surface area contributed by atoms with Crippen LogP contribution in [0, 0.1) is 0 Å². The Hall–Kier alpha value is -3.10.